The van der Waals surface area contributed by atoms with E-state index in [0.717, 1.165) is 25.3 Å². The highest BCUT2D eigenvalue weighted by Gasteiger charge is 2.38. The molecule has 8 nitrogen and oxygen atoms in total. The maximum absolute atomic E-state index is 12.3. The van der Waals surface area contributed by atoms with Gasteiger partial charge in [0.25, 0.3) is 0 Å². The van der Waals surface area contributed by atoms with E-state index in [1.54, 1.807) is 30.3 Å². The van der Waals surface area contributed by atoms with Crippen molar-refractivity contribution in [3.05, 3.63) is 41.6 Å². The lowest BCUT2D eigenvalue weighted by atomic mass is 10.3. The Balaban J connectivity index is 0.000000370. The largest absolute Gasteiger partial charge is 0.490 e. The molecule has 0 amide bonds. The number of hydrogen-bond donors (Lipinski definition) is 4. The zero-order valence-electron chi connectivity index (χ0n) is 14.7. The number of nitrogens with one attached hydrogen (secondary N) is 3. The second kappa shape index (κ2) is 9.89. The van der Waals surface area contributed by atoms with Gasteiger partial charge in [-0.2, -0.15) is 17.9 Å². The Morgan fingerprint density at radius 2 is 1.93 bits per heavy atom. The van der Waals surface area contributed by atoms with Crippen LogP contribution in [0.15, 0.2) is 46.5 Å². The van der Waals surface area contributed by atoms with Crippen molar-refractivity contribution in [2.75, 3.05) is 13.1 Å². The number of alkyl halides is 3. The molecule has 1 unspecified atom stereocenters. The molecule has 4 N–H and O–H groups in total. The molecule has 0 saturated carbocycles. The predicted molar refractivity (Wildman–Crippen MR) is 102 cm³/mol. The monoisotopic (exact) mass is 474 g/mol. The SMILES string of the molecule is O=C(O)C(F)(F)F.O=S(=O)(N[C@H]1SC=C(NC2CCNC2)N1Cl)c1ccccc1. The van der Waals surface area contributed by atoms with Gasteiger partial charge in [-0.05, 0) is 25.1 Å². The lowest BCUT2D eigenvalue weighted by molar-refractivity contribution is -0.192. The number of rotatable bonds is 5. The van der Waals surface area contributed by atoms with Crippen LogP contribution in [0.25, 0.3) is 0 Å². The van der Waals surface area contributed by atoms with Gasteiger partial charge in [-0.25, -0.2) is 17.6 Å². The Kier molecular flexibility index (Phi) is 8.05. The molecule has 162 valence electrons. The first kappa shape index (κ1) is 23.6. The van der Waals surface area contributed by atoms with E-state index < -0.39 is 27.7 Å². The fourth-order valence-corrected chi connectivity index (χ4v) is 5.00. The fourth-order valence-electron chi connectivity index (χ4n) is 2.32. The van der Waals surface area contributed by atoms with Crippen LogP contribution in [0.5, 0.6) is 0 Å². The topological polar surface area (TPSA) is 111 Å². The summed E-state index contributed by atoms with van der Waals surface area (Å²) in [6.45, 7) is 1.86. The first-order chi connectivity index (χ1) is 13.5. The van der Waals surface area contributed by atoms with Crippen molar-refractivity contribution in [2.24, 2.45) is 0 Å². The van der Waals surface area contributed by atoms with Crippen LogP contribution in [0.1, 0.15) is 6.42 Å². The highest BCUT2D eigenvalue weighted by Crippen LogP contribution is 2.31. The molecule has 2 atom stereocenters. The van der Waals surface area contributed by atoms with Crippen molar-refractivity contribution >= 4 is 39.5 Å². The molecule has 2 aliphatic rings. The van der Waals surface area contributed by atoms with E-state index >= 15 is 0 Å². The molecule has 1 saturated heterocycles. The van der Waals surface area contributed by atoms with E-state index in [9.17, 15) is 21.6 Å². The number of carboxylic acid groups (broad SMARTS) is 1. The molecule has 1 aromatic carbocycles. The lowest BCUT2D eigenvalue weighted by Crippen LogP contribution is -2.42. The molecule has 0 spiro atoms. The molecule has 2 aliphatic heterocycles. The number of hydrogen-bond acceptors (Lipinski definition) is 7. The van der Waals surface area contributed by atoms with Crippen LogP contribution in [0.3, 0.4) is 0 Å². The smallest absolute Gasteiger partial charge is 0.475 e. The number of thioether (sulfide) groups is 1. The number of sulfonamides is 1. The molecule has 1 fully saturated rings. The summed E-state index contributed by atoms with van der Waals surface area (Å²) in [6, 6.07) is 8.57. The third kappa shape index (κ3) is 6.96. The quantitative estimate of drug-likeness (QED) is 0.478. The van der Waals surface area contributed by atoms with Gasteiger partial charge in [0.15, 0.2) is 5.50 Å². The minimum absolute atomic E-state index is 0.224. The summed E-state index contributed by atoms with van der Waals surface area (Å²) in [6.07, 6.45) is -4.06. The molecule has 2 heterocycles. The molecule has 0 bridgehead atoms. The number of benzene rings is 1. The van der Waals surface area contributed by atoms with E-state index in [4.69, 9.17) is 21.7 Å². The minimum Gasteiger partial charge on any atom is -0.475 e. The number of nitrogens with zero attached hydrogens (tertiary/aromatic N) is 1. The van der Waals surface area contributed by atoms with Gasteiger partial charge in [-0.1, -0.05) is 30.0 Å². The zero-order chi connectivity index (χ0) is 21.7. The Morgan fingerprint density at radius 3 is 2.45 bits per heavy atom. The second-order valence-electron chi connectivity index (χ2n) is 5.87. The Hall–Kier alpha value is -1.67. The number of carbonyl (C=O) groups is 1. The normalized spacial score (nSPS) is 21.9. The van der Waals surface area contributed by atoms with E-state index in [0.29, 0.717) is 6.04 Å². The van der Waals surface area contributed by atoms with Gasteiger partial charge in [0.1, 0.15) is 5.82 Å². The van der Waals surface area contributed by atoms with Gasteiger partial charge in [0.2, 0.25) is 10.0 Å². The zero-order valence-corrected chi connectivity index (χ0v) is 17.1. The summed E-state index contributed by atoms with van der Waals surface area (Å²) in [5.41, 5.74) is -0.566. The fraction of sp³-hybridized carbons (Fsp3) is 0.400. The third-order valence-corrected chi connectivity index (χ3v) is 6.72. The van der Waals surface area contributed by atoms with Gasteiger partial charge in [0, 0.05) is 29.8 Å². The molecule has 1 aromatic rings. The van der Waals surface area contributed by atoms with E-state index in [1.165, 1.54) is 16.2 Å². The summed E-state index contributed by atoms with van der Waals surface area (Å²) >= 11 is 7.57. The first-order valence-corrected chi connectivity index (χ1v) is 10.9. The highest BCUT2D eigenvalue weighted by atomic mass is 35.5. The lowest BCUT2D eigenvalue weighted by Gasteiger charge is -2.24. The van der Waals surface area contributed by atoms with Crippen LogP contribution in [0.4, 0.5) is 13.2 Å². The van der Waals surface area contributed by atoms with Gasteiger partial charge >= 0.3 is 12.1 Å². The van der Waals surface area contributed by atoms with Crippen LogP contribution < -0.4 is 15.4 Å². The molecular formula is C15H18ClF3N4O4S2. The van der Waals surface area contributed by atoms with Crippen LogP contribution in [-0.2, 0) is 14.8 Å². The maximum Gasteiger partial charge on any atom is 0.490 e. The minimum atomic E-state index is -5.08. The Morgan fingerprint density at radius 1 is 1.31 bits per heavy atom. The summed E-state index contributed by atoms with van der Waals surface area (Å²) in [5, 5.41) is 15.5. The van der Waals surface area contributed by atoms with Gasteiger partial charge in [-0.3, -0.25) is 0 Å². The third-order valence-electron chi connectivity index (χ3n) is 3.71. The van der Waals surface area contributed by atoms with E-state index in [2.05, 4.69) is 15.4 Å². The average Bonchev–Trinajstić information content (AvgIpc) is 3.28. The number of aliphatic carboxylic acids is 1. The molecule has 14 heteroatoms. The van der Waals surface area contributed by atoms with Crippen molar-refractivity contribution in [3.63, 3.8) is 0 Å². The van der Waals surface area contributed by atoms with E-state index in [-0.39, 0.29) is 4.90 Å². The van der Waals surface area contributed by atoms with Crippen molar-refractivity contribution < 1.29 is 31.5 Å². The predicted octanol–water partition coefficient (Wildman–Crippen LogP) is 1.83. The maximum atomic E-state index is 12.3. The standard InChI is InChI=1S/C13H17ClN4O2S2.C2HF3O2/c14-18-12(16-10-6-7-15-8-10)9-21-13(18)17-22(19,20)11-4-2-1-3-5-11;3-2(4,5)1(6)7/h1-5,9-10,13,15-17H,6-8H2;(H,6,7)/t10?,13-;/m1./s1. The van der Waals surface area contributed by atoms with Crippen LogP contribution in [0.2, 0.25) is 0 Å². The molecule has 3 rings (SSSR count). The molecule has 29 heavy (non-hydrogen) atoms. The summed E-state index contributed by atoms with van der Waals surface area (Å²) in [4.78, 5) is 9.12. The van der Waals surface area contributed by atoms with Crippen molar-refractivity contribution in [1.29, 1.82) is 0 Å². The molecule has 0 radical (unpaired) electrons. The number of halogens is 4. The average molecular weight is 475 g/mol. The Labute approximate surface area is 174 Å². The van der Waals surface area contributed by atoms with Crippen molar-refractivity contribution in [1.82, 2.24) is 19.8 Å². The number of carboxylic acids is 1. The first-order valence-electron chi connectivity index (χ1n) is 8.16. The summed E-state index contributed by atoms with van der Waals surface area (Å²) < 4.78 is 60.4. The summed E-state index contributed by atoms with van der Waals surface area (Å²) in [7, 11) is -3.60. The van der Waals surface area contributed by atoms with Crippen LogP contribution in [0, 0.1) is 0 Å². The summed E-state index contributed by atoms with van der Waals surface area (Å²) in [5.74, 6) is -2.03. The molecule has 0 aliphatic carbocycles. The van der Waals surface area contributed by atoms with Crippen LogP contribution in [-0.4, -0.2) is 54.7 Å². The van der Waals surface area contributed by atoms with Gasteiger partial charge in [-0.15, -0.1) is 0 Å². The van der Waals surface area contributed by atoms with Crippen molar-refractivity contribution in [2.45, 2.75) is 29.0 Å². The second-order valence-corrected chi connectivity index (χ2v) is 8.91. The highest BCUT2D eigenvalue weighted by molar-refractivity contribution is 8.03. The van der Waals surface area contributed by atoms with Gasteiger partial charge < -0.3 is 15.7 Å². The van der Waals surface area contributed by atoms with Crippen molar-refractivity contribution in [3.8, 4) is 0 Å². The molecule has 0 aromatic heterocycles. The van der Waals surface area contributed by atoms with Gasteiger partial charge in [0.05, 0.1) is 4.90 Å². The Bertz CT molecular complexity index is 834. The van der Waals surface area contributed by atoms with E-state index in [1.807, 2.05) is 5.41 Å². The molecular weight excluding hydrogens is 457 g/mol. The van der Waals surface area contributed by atoms with Crippen LogP contribution >= 0.6 is 23.5 Å².